The van der Waals surface area contributed by atoms with Crippen molar-refractivity contribution in [3.05, 3.63) is 36.7 Å². The molecule has 0 aliphatic carbocycles. The lowest BCUT2D eigenvalue weighted by atomic mass is 10.3. The molecular weight excluding hydrogens is 230 g/mol. The minimum atomic E-state index is -3.71. The van der Waals surface area contributed by atoms with E-state index >= 15 is 0 Å². The molecule has 0 bridgehead atoms. The number of benzene rings is 1. The quantitative estimate of drug-likeness (QED) is 0.742. The van der Waals surface area contributed by atoms with Crippen LogP contribution in [0.5, 0.6) is 5.75 Å². The summed E-state index contributed by atoms with van der Waals surface area (Å²) in [4.78, 5) is 6.33. The molecule has 0 saturated carbocycles. The number of hydrogen-bond acceptors (Lipinski definition) is 4. The van der Waals surface area contributed by atoms with E-state index in [2.05, 4.69) is 14.7 Å². The van der Waals surface area contributed by atoms with Crippen LogP contribution in [-0.4, -0.2) is 23.5 Å². The molecule has 84 valence electrons. The monoisotopic (exact) mass is 239 g/mol. The van der Waals surface area contributed by atoms with Crippen LogP contribution in [-0.2, 0) is 10.0 Å². The zero-order valence-electron chi connectivity index (χ0n) is 8.08. The molecule has 0 fully saturated rings. The Hall–Kier alpha value is -2.02. The van der Waals surface area contributed by atoms with Gasteiger partial charge in [0, 0.05) is 18.5 Å². The molecule has 0 aliphatic rings. The second-order valence-corrected chi connectivity index (χ2v) is 4.72. The first kappa shape index (κ1) is 10.5. The van der Waals surface area contributed by atoms with Gasteiger partial charge in [0.2, 0.25) is 5.95 Å². The van der Waals surface area contributed by atoms with Crippen LogP contribution < -0.4 is 4.72 Å². The van der Waals surface area contributed by atoms with Gasteiger partial charge in [-0.2, -0.15) is 0 Å². The standard InChI is InChI=1S/C9H9N3O3S/c13-7-2-1-3-8(6-7)16(14,15)12-9-10-4-5-11-9/h1-6,13H,(H2,10,11,12). The molecular formula is C9H9N3O3S. The van der Waals surface area contributed by atoms with E-state index in [9.17, 15) is 13.5 Å². The Morgan fingerprint density at radius 1 is 1.38 bits per heavy atom. The number of aromatic hydroxyl groups is 1. The highest BCUT2D eigenvalue weighted by molar-refractivity contribution is 7.92. The van der Waals surface area contributed by atoms with Crippen molar-refractivity contribution in [3.8, 4) is 5.75 Å². The first-order chi connectivity index (χ1) is 7.58. The maximum atomic E-state index is 11.8. The Kier molecular flexibility index (Phi) is 2.53. The third-order valence-corrected chi connectivity index (χ3v) is 3.19. The molecule has 0 unspecified atom stereocenters. The van der Waals surface area contributed by atoms with Crippen LogP contribution in [0.25, 0.3) is 0 Å². The Bertz CT molecular complexity index is 578. The SMILES string of the molecule is O=S(=O)(Nc1ncc[nH]1)c1cccc(O)c1. The van der Waals surface area contributed by atoms with Gasteiger partial charge in [0.15, 0.2) is 0 Å². The molecule has 0 radical (unpaired) electrons. The van der Waals surface area contributed by atoms with E-state index in [1.165, 1.54) is 30.6 Å². The topological polar surface area (TPSA) is 95.1 Å². The third-order valence-electron chi connectivity index (χ3n) is 1.86. The minimum Gasteiger partial charge on any atom is -0.508 e. The van der Waals surface area contributed by atoms with Crippen LogP contribution in [0, 0.1) is 0 Å². The number of nitrogens with one attached hydrogen (secondary N) is 2. The predicted molar refractivity (Wildman–Crippen MR) is 57.5 cm³/mol. The van der Waals surface area contributed by atoms with Crippen molar-refractivity contribution in [3.63, 3.8) is 0 Å². The predicted octanol–water partition coefficient (Wildman–Crippen LogP) is 0.916. The molecule has 1 heterocycles. The maximum absolute atomic E-state index is 11.8. The molecule has 6 nitrogen and oxygen atoms in total. The number of anilines is 1. The van der Waals surface area contributed by atoms with Crippen LogP contribution in [0.1, 0.15) is 0 Å². The first-order valence-electron chi connectivity index (χ1n) is 4.39. The highest BCUT2D eigenvalue weighted by Gasteiger charge is 2.15. The largest absolute Gasteiger partial charge is 0.508 e. The van der Waals surface area contributed by atoms with Crippen molar-refractivity contribution in [2.75, 3.05) is 4.72 Å². The smallest absolute Gasteiger partial charge is 0.264 e. The molecule has 1 aromatic carbocycles. The first-order valence-corrected chi connectivity index (χ1v) is 5.87. The van der Waals surface area contributed by atoms with Gasteiger partial charge in [-0.25, -0.2) is 18.1 Å². The lowest BCUT2D eigenvalue weighted by Gasteiger charge is -2.05. The lowest BCUT2D eigenvalue weighted by molar-refractivity contribution is 0.473. The molecule has 0 amide bonds. The van der Waals surface area contributed by atoms with E-state index in [-0.39, 0.29) is 16.6 Å². The van der Waals surface area contributed by atoms with Crippen LogP contribution in [0.2, 0.25) is 0 Å². The number of rotatable bonds is 3. The van der Waals surface area contributed by atoms with Gasteiger partial charge in [0.05, 0.1) is 4.90 Å². The van der Waals surface area contributed by atoms with Crippen molar-refractivity contribution < 1.29 is 13.5 Å². The van der Waals surface area contributed by atoms with Gasteiger partial charge in [0.25, 0.3) is 10.0 Å². The van der Waals surface area contributed by atoms with Gasteiger partial charge in [-0.3, -0.25) is 0 Å². The van der Waals surface area contributed by atoms with Crippen molar-refractivity contribution in [1.82, 2.24) is 9.97 Å². The van der Waals surface area contributed by atoms with Gasteiger partial charge in [-0.05, 0) is 12.1 Å². The summed E-state index contributed by atoms with van der Waals surface area (Å²) in [5.41, 5.74) is 0. The van der Waals surface area contributed by atoms with Gasteiger partial charge >= 0.3 is 0 Å². The van der Waals surface area contributed by atoms with Crippen molar-refractivity contribution in [2.24, 2.45) is 0 Å². The summed E-state index contributed by atoms with van der Waals surface area (Å²) in [6.45, 7) is 0. The van der Waals surface area contributed by atoms with Crippen LogP contribution in [0.4, 0.5) is 5.95 Å². The van der Waals surface area contributed by atoms with Gasteiger partial charge in [-0.1, -0.05) is 6.07 Å². The second-order valence-electron chi connectivity index (χ2n) is 3.04. The van der Waals surface area contributed by atoms with Crippen LogP contribution in [0.15, 0.2) is 41.6 Å². The zero-order valence-corrected chi connectivity index (χ0v) is 8.90. The van der Waals surface area contributed by atoms with Crippen molar-refractivity contribution in [1.29, 1.82) is 0 Å². The fraction of sp³-hybridized carbons (Fsp3) is 0. The Morgan fingerprint density at radius 3 is 2.81 bits per heavy atom. The number of H-pyrrole nitrogens is 1. The van der Waals surface area contributed by atoms with Crippen LogP contribution in [0.3, 0.4) is 0 Å². The van der Waals surface area contributed by atoms with Gasteiger partial charge in [-0.15, -0.1) is 0 Å². The Morgan fingerprint density at radius 2 is 2.19 bits per heavy atom. The molecule has 0 saturated heterocycles. The number of aromatic nitrogens is 2. The number of phenols is 1. The van der Waals surface area contributed by atoms with Crippen molar-refractivity contribution in [2.45, 2.75) is 4.90 Å². The molecule has 0 spiro atoms. The minimum absolute atomic E-state index is 0.0242. The summed E-state index contributed by atoms with van der Waals surface area (Å²) in [6, 6.07) is 5.38. The summed E-state index contributed by atoms with van der Waals surface area (Å²) >= 11 is 0. The number of sulfonamides is 1. The highest BCUT2D eigenvalue weighted by atomic mass is 32.2. The summed E-state index contributed by atoms with van der Waals surface area (Å²) < 4.78 is 25.8. The van der Waals surface area contributed by atoms with E-state index in [0.717, 1.165) is 6.07 Å². The Balaban J connectivity index is 2.33. The van der Waals surface area contributed by atoms with E-state index in [0.29, 0.717) is 0 Å². The van der Waals surface area contributed by atoms with E-state index in [4.69, 9.17) is 0 Å². The molecule has 2 rings (SSSR count). The lowest BCUT2D eigenvalue weighted by Crippen LogP contribution is -2.13. The maximum Gasteiger partial charge on any atom is 0.264 e. The van der Waals surface area contributed by atoms with E-state index in [1.807, 2.05) is 0 Å². The Labute approximate surface area is 92.0 Å². The molecule has 16 heavy (non-hydrogen) atoms. The molecule has 1 aromatic heterocycles. The fourth-order valence-corrected chi connectivity index (χ4v) is 2.18. The average molecular weight is 239 g/mol. The second kappa shape index (κ2) is 3.86. The highest BCUT2D eigenvalue weighted by Crippen LogP contribution is 2.17. The molecule has 0 aliphatic heterocycles. The molecule has 3 N–H and O–H groups in total. The molecule has 7 heteroatoms. The number of aromatic amines is 1. The number of hydrogen-bond donors (Lipinski definition) is 3. The fourth-order valence-electron chi connectivity index (χ4n) is 1.16. The van der Waals surface area contributed by atoms with Gasteiger partial charge < -0.3 is 10.1 Å². The van der Waals surface area contributed by atoms with Gasteiger partial charge in [0.1, 0.15) is 5.75 Å². The van der Waals surface area contributed by atoms with Crippen LogP contribution >= 0.6 is 0 Å². The number of phenolic OH excluding ortho intramolecular Hbond substituents is 1. The number of nitrogens with zero attached hydrogens (tertiary/aromatic N) is 1. The van der Waals surface area contributed by atoms with E-state index < -0.39 is 10.0 Å². The normalized spacial score (nSPS) is 11.2. The van der Waals surface area contributed by atoms with Crippen molar-refractivity contribution >= 4 is 16.0 Å². The zero-order chi connectivity index (χ0) is 11.6. The summed E-state index contributed by atoms with van der Waals surface area (Å²) in [5.74, 6) is 0.0191. The molecule has 0 atom stereocenters. The summed E-state index contributed by atoms with van der Waals surface area (Å²) in [5, 5.41) is 9.19. The third kappa shape index (κ3) is 2.14. The molecule has 2 aromatic rings. The number of imidazole rings is 1. The summed E-state index contributed by atoms with van der Waals surface area (Å²) in [6.07, 6.45) is 2.93. The summed E-state index contributed by atoms with van der Waals surface area (Å²) in [7, 11) is -3.71. The average Bonchev–Trinajstić information content (AvgIpc) is 2.70. The van der Waals surface area contributed by atoms with E-state index in [1.54, 1.807) is 0 Å².